The summed E-state index contributed by atoms with van der Waals surface area (Å²) in [6, 6.07) is 8.78. The zero-order chi connectivity index (χ0) is 25.8. The maximum absolute atomic E-state index is 12.7. The van der Waals surface area contributed by atoms with Gasteiger partial charge in [-0.1, -0.05) is 19.1 Å². The van der Waals surface area contributed by atoms with Crippen LogP contribution in [0.4, 0.5) is 34.1 Å². The van der Waals surface area contributed by atoms with Gasteiger partial charge < -0.3 is 20.7 Å². The Kier molecular flexibility index (Phi) is 7.68. The normalized spacial score (nSPS) is 16.0. The number of carbonyl (C=O) groups is 3. The molecule has 3 rings (SSSR count). The van der Waals surface area contributed by atoms with Gasteiger partial charge >= 0.3 is 24.2 Å². The number of ether oxygens (including phenoxy) is 1. The molecule has 11 heteroatoms. The Morgan fingerprint density at radius 2 is 1.57 bits per heavy atom. The standard InChI is InChI=1S/C24H25F3N4O4/c1-4-13-31-14(2)19(21(32)35-3)20(30-23(31)34)15-5-9-17(10-6-15)28-22(33)29-18-11-7-16(8-12-18)24(25,26)27/h5-12,20H,4,13H2,1-3H3,(H,30,34)(H2,28,29,33)/t20-/m1/s1. The zero-order valence-corrected chi connectivity index (χ0v) is 19.3. The van der Waals surface area contributed by atoms with Gasteiger partial charge in [0.15, 0.2) is 0 Å². The summed E-state index contributed by atoms with van der Waals surface area (Å²) in [7, 11) is 1.27. The number of benzene rings is 2. The lowest BCUT2D eigenvalue weighted by atomic mass is 9.94. The molecular formula is C24H25F3N4O4. The summed E-state index contributed by atoms with van der Waals surface area (Å²) in [4.78, 5) is 38.8. The number of carbonyl (C=O) groups excluding carboxylic acids is 3. The number of methoxy groups -OCH3 is 1. The first-order chi connectivity index (χ1) is 16.5. The molecule has 186 valence electrons. The Labute approximate surface area is 200 Å². The van der Waals surface area contributed by atoms with E-state index in [1.54, 1.807) is 31.2 Å². The average molecular weight is 490 g/mol. The van der Waals surface area contributed by atoms with Gasteiger partial charge in [-0.05, 0) is 55.3 Å². The minimum Gasteiger partial charge on any atom is -0.466 e. The Balaban J connectivity index is 1.73. The number of hydrogen-bond donors (Lipinski definition) is 3. The Morgan fingerprint density at radius 1 is 1.03 bits per heavy atom. The van der Waals surface area contributed by atoms with E-state index in [1.807, 2.05) is 6.92 Å². The summed E-state index contributed by atoms with van der Waals surface area (Å²) >= 11 is 0. The van der Waals surface area contributed by atoms with Gasteiger partial charge in [-0.2, -0.15) is 13.2 Å². The number of allylic oxidation sites excluding steroid dienone is 1. The maximum atomic E-state index is 12.7. The molecular weight excluding hydrogens is 465 g/mol. The third-order valence-corrected chi connectivity index (χ3v) is 5.42. The number of alkyl halides is 3. The molecule has 0 spiro atoms. The van der Waals surface area contributed by atoms with Crippen molar-refractivity contribution in [3.63, 3.8) is 0 Å². The van der Waals surface area contributed by atoms with Gasteiger partial charge in [-0.15, -0.1) is 0 Å². The molecule has 3 N–H and O–H groups in total. The largest absolute Gasteiger partial charge is 0.466 e. The third kappa shape index (κ3) is 5.92. The van der Waals surface area contributed by atoms with Gasteiger partial charge in [0.25, 0.3) is 0 Å². The third-order valence-electron chi connectivity index (χ3n) is 5.42. The smallest absolute Gasteiger partial charge is 0.416 e. The van der Waals surface area contributed by atoms with Crippen LogP contribution in [0.15, 0.2) is 59.8 Å². The van der Waals surface area contributed by atoms with Crippen LogP contribution in [0.25, 0.3) is 0 Å². The van der Waals surface area contributed by atoms with Crippen molar-refractivity contribution in [2.24, 2.45) is 0 Å². The molecule has 0 unspecified atom stereocenters. The van der Waals surface area contributed by atoms with Crippen LogP contribution in [0.1, 0.15) is 37.4 Å². The lowest BCUT2D eigenvalue weighted by Gasteiger charge is -2.35. The number of anilines is 2. The molecule has 0 aromatic heterocycles. The number of amides is 4. The van der Waals surface area contributed by atoms with Gasteiger partial charge in [0.1, 0.15) is 0 Å². The van der Waals surface area contributed by atoms with Crippen LogP contribution in [-0.4, -0.2) is 36.6 Å². The number of esters is 1. The highest BCUT2D eigenvalue weighted by atomic mass is 19.4. The quantitative estimate of drug-likeness (QED) is 0.480. The summed E-state index contributed by atoms with van der Waals surface area (Å²) in [6.45, 7) is 4.06. The van der Waals surface area contributed by atoms with E-state index in [0.717, 1.165) is 24.3 Å². The maximum Gasteiger partial charge on any atom is 0.416 e. The second kappa shape index (κ2) is 10.5. The molecule has 1 aliphatic heterocycles. The van der Waals surface area contributed by atoms with E-state index in [-0.39, 0.29) is 11.7 Å². The lowest BCUT2D eigenvalue weighted by molar-refractivity contribution is -0.138. The number of rotatable bonds is 6. The number of urea groups is 2. The highest BCUT2D eigenvalue weighted by Crippen LogP contribution is 2.32. The highest BCUT2D eigenvalue weighted by Gasteiger charge is 2.36. The topological polar surface area (TPSA) is 99.8 Å². The minimum atomic E-state index is -4.46. The second-order valence-corrected chi connectivity index (χ2v) is 7.80. The molecule has 0 bridgehead atoms. The Bertz CT molecular complexity index is 1130. The van der Waals surface area contributed by atoms with Crippen molar-refractivity contribution in [1.82, 2.24) is 10.2 Å². The molecule has 0 radical (unpaired) electrons. The average Bonchev–Trinajstić information content (AvgIpc) is 2.81. The summed E-state index contributed by atoms with van der Waals surface area (Å²) in [5, 5.41) is 7.86. The number of hydrogen-bond acceptors (Lipinski definition) is 4. The molecule has 1 atom stereocenters. The van der Waals surface area contributed by atoms with Gasteiger partial charge in [-0.25, -0.2) is 14.4 Å². The number of nitrogens with zero attached hydrogens (tertiary/aromatic N) is 1. The Hall–Kier alpha value is -4.02. The van der Waals surface area contributed by atoms with Crippen molar-refractivity contribution in [2.75, 3.05) is 24.3 Å². The lowest BCUT2D eigenvalue weighted by Crippen LogP contribution is -2.48. The van der Waals surface area contributed by atoms with E-state index in [1.165, 1.54) is 12.0 Å². The van der Waals surface area contributed by atoms with Crippen LogP contribution in [0, 0.1) is 0 Å². The van der Waals surface area contributed by atoms with Crippen LogP contribution < -0.4 is 16.0 Å². The van der Waals surface area contributed by atoms with Crippen LogP contribution in [0.2, 0.25) is 0 Å². The Morgan fingerprint density at radius 3 is 2.06 bits per heavy atom. The van der Waals surface area contributed by atoms with E-state index in [0.29, 0.717) is 35.5 Å². The van der Waals surface area contributed by atoms with Gasteiger partial charge in [0.2, 0.25) is 0 Å². The molecule has 1 heterocycles. The summed E-state index contributed by atoms with van der Waals surface area (Å²) in [5.41, 5.74) is 1.18. The van der Waals surface area contributed by atoms with Gasteiger partial charge in [0, 0.05) is 23.6 Å². The summed E-state index contributed by atoms with van der Waals surface area (Å²) in [5.74, 6) is -0.563. The van der Waals surface area contributed by atoms with Crippen LogP contribution in [-0.2, 0) is 15.7 Å². The van der Waals surface area contributed by atoms with Crippen LogP contribution in [0.5, 0.6) is 0 Å². The van der Waals surface area contributed by atoms with E-state index in [9.17, 15) is 27.6 Å². The predicted octanol–water partition coefficient (Wildman–Crippen LogP) is 5.27. The molecule has 8 nitrogen and oxygen atoms in total. The highest BCUT2D eigenvalue weighted by molar-refractivity contribution is 6.00. The first-order valence-electron chi connectivity index (χ1n) is 10.8. The molecule has 2 aromatic carbocycles. The molecule has 0 aliphatic carbocycles. The molecule has 0 saturated heterocycles. The van der Waals surface area contributed by atoms with Crippen LogP contribution >= 0.6 is 0 Å². The monoisotopic (exact) mass is 490 g/mol. The molecule has 1 aliphatic rings. The predicted molar refractivity (Wildman–Crippen MR) is 124 cm³/mol. The van der Waals surface area contributed by atoms with Crippen molar-refractivity contribution in [3.05, 3.63) is 70.9 Å². The van der Waals surface area contributed by atoms with E-state index in [2.05, 4.69) is 16.0 Å². The molecule has 0 fully saturated rings. The van der Waals surface area contributed by atoms with Gasteiger partial charge in [-0.3, -0.25) is 4.90 Å². The van der Waals surface area contributed by atoms with Crippen molar-refractivity contribution in [3.8, 4) is 0 Å². The van der Waals surface area contributed by atoms with Crippen molar-refractivity contribution < 1.29 is 32.3 Å². The van der Waals surface area contributed by atoms with Crippen molar-refractivity contribution >= 4 is 29.4 Å². The van der Waals surface area contributed by atoms with E-state index >= 15 is 0 Å². The van der Waals surface area contributed by atoms with E-state index in [4.69, 9.17) is 4.74 Å². The fraction of sp³-hybridized carbons (Fsp3) is 0.292. The SMILES string of the molecule is CCCN1C(=O)N[C@H](c2ccc(NC(=O)Nc3ccc(C(F)(F)F)cc3)cc2)C(C(=O)OC)=C1C. The first kappa shape index (κ1) is 25.6. The second-order valence-electron chi connectivity index (χ2n) is 7.80. The van der Waals surface area contributed by atoms with Gasteiger partial charge in [0.05, 0.1) is 24.3 Å². The molecule has 35 heavy (non-hydrogen) atoms. The molecule has 0 saturated carbocycles. The van der Waals surface area contributed by atoms with Crippen molar-refractivity contribution in [2.45, 2.75) is 32.5 Å². The fourth-order valence-electron chi connectivity index (χ4n) is 3.69. The fourth-order valence-corrected chi connectivity index (χ4v) is 3.69. The van der Waals surface area contributed by atoms with Crippen LogP contribution in [0.3, 0.4) is 0 Å². The first-order valence-corrected chi connectivity index (χ1v) is 10.8. The summed E-state index contributed by atoms with van der Waals surface area (Å²) in [6.07, 6.45) is -3.76. The number of nitrogens with one attached hydrogen (secondary N) is 3. The summed E-state index contributed by atoms with van der Waals surface area (Å²) < 4.78 is 42.9. The van der Waals surface area contributed by atoms with Crippen molar-refractivity contribution in [1.29, 1.82) is 0 Å². The number of halogens is 3. The molecule has 4 amide bonds. The molecule has 2 aromatic rings. The minimum absolute atomic E-state index is 0.192. The zero-order valence-electron chi connectivity index (χ0n) is 19.3. The van der Waals surface area contributed by atoms with E-state index < -0.39 is 29.8 Å².